The lowest BCUT2D eigenvalue weighted by atomic mass is 9.74. The lowest BCUT2D eigenvalue weighted by molar-refractivity contribution is 0.550. The number of aryl methyl sites for hydroxylation is 1. The Bertz CT molecular complexity index is 1940. The molecule has 0 amide bonds. The first-order valence-electron chi connectivity index (χ1n) is 17.1. The van der Waals surface area contributed by atoms with Gasteiger partial charge in [-0.05, 0) is 90.2 Å². The molecule has 0 N–H and O–H groups in total. The van der Waals surface area contributed by atoms with Crippen molar-refractivity contribution in [2.24, 2.45) is 0 Å². The number of benzene rings is 6. The monoisotopic (exact) mass is 646 g/mol. The van der Waals surface area contributed by atoms with E-state index in [0.29, 0.717) is 0 Å². The molecule has 232 valence electrons. The van der Waals surface area contributed by atoms with Crippen LogP contribution in [0.15, 0.2) is 158 Å². The minimum Gasteiger partial charge on any atom is -0.313 e. The standard InChI is InChI=1S/C44H40OP2/c45-47(37-23-9-3-10-24-37,38-25-11-4-12-26-38)39-31-34-18-14-15-27-40(34)42(32-39)44-41-28-16-13-17-33(41)29-30-43(44)46(35-19-5-1-6-20-35)36-21-7-2-8-22-36/h1-12,14-15,18-27,29-30,39,42H,13,16-17,28,31-32H2/t39-,42-/m1/s1. The second kappa shape index (κ2) is 13.2. The van der Waals surface area contributed by atoms with Gasteiger partial charge in [0.05, 0.1) is 0 Å². The molecule has 3 heteroatoms. The first-order valence-corrected chi connectivity index (χ1v) is 20.2. The zero-order chi connectivity index (χ0) is 31.6. The van der Waals surface area contributed by atoms with Crippen molar-refractivity contribution in [3.8, 4) is 0 Å². The van der Waals surface area contributed by atoms with Gasteiger partial charge in [0.2, 0.25) is 0 Å². The van der Waals surface area contributed by atoms with E-state index < -0.39 is 15.1 Å². The van der Waals surface area contributed by atoms with Crippen LogP contribution in [-0.4, -0.2) is 5.66 Å². The molecule has 2 aliphatic carbocycles. The Labute approximate surface area is 280 Å². The van der Waals surface area contributed by atoms with E-state index in [1.165, 1.54) is 51.0 Å². The van der Waals surface area contributed by atoms with Gasteiger partial charge < -0.3 is 4.57 Å². The molecular formula is C44H40OP2. The highest BCUT2D eigenvalue weighted by molar-refractivity contribution is 7.80. The predicted octanol–water partition coefficient (Wildman–Crippen LogP) is 8.78. The van der Waals surface area contributed by atoms with Crippen molar-refractivity contribution in [2.75, 3.05) is 0 Å². The van der Waals surface area contributed by atoms with Gasteiger partial charge in [-0.1, -0.05) is 158 Å². The van der Waals surface area contributed by atoms with Gasteiger partial charge in [-0.3, -0.25) is 0 Å². The SMILES string of the molecule is O=P(c1ccccc1)(c1ccccc1)[C@@H]1Cc2ccccc2[C@H](c2c(P(c3ccccc3)c3ccccc3)ccc3c2CCCC3)C1. The summed E-state index contributed by atoms with van der Waals surface area (Å²) in [6.07, 6.45) is 6.42. The molecule has 0 spiro atoms. The van der Waals surface area contributed by atoms with Gasteiger partial charge >= 0.3 is 0 Å². The Hall–Kier alpha value is -4.02. The van der Waals surface area contributed by atoms with Gasteiger partial charge in [0, 0.05) is 22.2 Å². The van der Waals surface area contributed by atoms with Crippen LogP contribution in [0.5, 0.6) is 0 Å². The van der Waals surface area contributed by atoms with E-state index in [9.17, 15) is 0 Å². The van der Waals surface area contributed by atoms with Crippen molar-refractivity contribution in [1.82, 2.24) is 0 Å². The molecule has 0 radical (unpaired) electrons. The summed E-state index contributed by atoms with van der Waals surface area (Å²) in [4.78, 5) is 0. The average molecular weight is 647 g/mol. The summed E-state index contributed by atoms with van der Waals surface area (Å²) >= 11 is 0. The Kier molecular flexibility index (Phi) is 8.54. The van der Waals surface area contributed by atoms with E-state index in [1.54, 1.807) is 5.56 Å². The molecular weight excluding hydrogens is 606 g/mol. The van der Waals surface area contributed by atoms with Gasteiger partial charge in [0.1, 0.15) is 7.14 Å². The zero-order valence-corrected chi connectivity index (χ0v) is 28.5. The van der Waals surface area contributed by atoms with Crippen LogP contribution in [0.1, 0.15) is 53.0 Å². The van der Waals surface area contributed by atoms with Gasteiger partial charge in [-0.15, -0.1) is 0 Å². The summed E-state index contributed by atoms with van der Waals surface area (Å²) in [6, 6.07) is 57.0. The topological polar surface area (TPSA) is 17.1 Å². The second-order valence-electron chi connectivity index (χ2n) is 13.0. The Morgan fingerprint density at radius 2 is 1.06 bits per heavy atom. The van der Waals surface area contributed by atoms with Crippen molar-refractivity contribution in [1.29, 1.82) is 0 Å². The summed E-state index contributed by atoms with van der Waals surface area (Å²) in [5.41, 5.74) is 7.37. The van der Waals surface area contributed by atoms with Crippen molar-refractivity contribution < 1.29 is 4.57 Å². The second-order valence-corrected chi connectivity index (χ2v) is 18.3. The number of hydrogen-bond acceptors (Lipinski definition) is 1. The van der Waals surface area contributed by atoms with E-state index in [0.717, 1.165) is 36.3 Å². The fourth-order valence-corrected chi connectivity index (χ4v) is 14.1. The summed E-state index contributed by atoms with van der Waals surface area (Å²) in [7, 11) is -3.79. The molecule has 0 saturated heterocycles. The molecule has 1 nitrogen and oxygen atoms in total. The Morgan fingerprint density at radius 1 is 0.532 bits per heavy atom. The highest BCUT2D eigenvalue weighted by Crippen LogP contribution is 2.57. The highest BCUT2D eigenvalue weighted by atomic mass is 31.2. The van der Waals surface area contributed by atoms with Crippen LogP contribution in [0.2, 0.25) is 0 Å². The van der Waals surface area contributed by atoms with Crippen LogP contribution in [0.25, 0.3) is 0 Å². The molecule has 47 heavy (non-hydrogen) atoms. The molecule has 2 aliphatic rings. The maximum absolute atomic E-state index is 15.9. The summed E-state index contributed by atoms with van der Waals surface area (Å²) in [5.74, 6) is 0.172. The van der Waals surface area contributed by atoms with Crippen molar-refractivity contribution in [3.63, 3.8) is 0 Å². The molecule has 0 aliphatic heterocycles. The highest BCUT2D eigenvalue weighted by Gasteiger charge is 2.43. The Morgan fingerprint density at radius 3 is 1.68 bits per heavy atom. The molecule has 6 aromatic carbocycles. The van der Waals surface area contributed by atoms with Crippen LogP contribution in [0, 0.1) is 0 Å². The third-order valence-electron chi connectivity index (χ3n) is 10.4. The molecule has 0 unspecified atom stereocenters. The van der Waals surface area contributed by atoms with Crippen LogP contribution in [0.3, 0.4) is 0 Å². The lowest BCUT2D eigenvalue weighted by Gasteiger charge is -2.40. The lowest BCUT2D eigenvalue weighted by Crippen LogP contribution is -2.35. The smallest absolute Gasteiger partial charge is 0.146 e. The predicted molar refractivity (Wildman–Crippen MR) is 202 cm³/mol. The first kappa shape index (κ1) is 30.3. The van der Waals surface area contributed by atoms with Crippen molar-refractivity contribution in [3.05, 3.63) is 186 Å². The van der Waals surface area contributed by atoms with Gasteiger partial charge in [-0.25, -0.2) is 0 Å². The number of fused-ring (bicyclic) bond motifs is 2. The van der Waals surface area contributed by atoms with E-state index >= 15 is 4.57 Å². The van der Waals surface area contributed by atoms with Gasteiger partial charge in [0.15, 0.2) is 0 Å². The van der Waals surface area contributed by atoms with E-state index in [-0.39, 0.29) is 11.6 Å². The third-order valence-corrected chi connectivity index (χ3v) is 16.4. The molecule has 0 heterocycles. The largest absolute Gasteiger partial charge is 0.313 e. The third kappa shape index (κ3) is 5.65. The normalized spacial score (nSPS) is 17.6. The van der Waals surface area contributed by atoms with E-state index in [2.05, 4.69) is 146 Å². The fourth-order valence-electron chi connectivity index (χ4n) is 8.23. The zero-order valence-electron chi connectivity index (χ0n) is 26.7. The number of hydrogen-bond donors (Lipinski definition) is 0. The van der Waals surface area contributed by atoms with E-state index in [4.69, 9.17) is 0 Å². The molecule has 2 atom stereocenters. The quantitative estimate of drug-likeness (QED) is 0.159. The number of rotatable bonds is 7. The summed E-state index contributed by atoms with van der Waals surface area (Å²) < 4.78 is 15.9. The maximum Gasteiger partial charge on any atom is 0.146 e. The van der Waals surface area contributed by atoms with Crippen LogP contribution < -0.4 is 26.5 Å². The van der Waals surface area contributed by atoms with Crippen molar-refractivity contribution in [2.45, 2.75) is 50.1 Å². The molecule has 0 saturated carbocycles. The van der Waals surface area contributed by atoms with Crippen LogP contribution >= 0.6 is 15.1 Å². The van der Waals surface area contributed by atoms with Crippen LogP contribution in [-0.2, 0) is 23.8 Å². The van der Waals surface area contributed by atoms with Crippen molar-refractivity contribution >= 4 is 41.6 Å². The van der Waals surface area contributed by atoms with Gasteiger partial charge in [-0.2, -0.15) is 0 Å². The molecule has 0 fully saturated rings. The van der Waals surface area contributed by atoms with Gasteiger partial charge in [0.25, 0.3) is 0 Å². The maximum atomic E-state index is 15.9. The first-order chi connectivity index (χ1) is 23.2. The van der Waals surface area contributed by atoms with Crippen LogP contribution in [0.4, 0.5) is 0 Å². The molecule has 0 aromatic heterocycles. The average Bonchev–Trinajstić information content (AvgIpc) is 3.15. The minimum absolute atomic E-state index is 0.000764. The van der Waals surface area contributed by atoms with E-state index in [1.807, 2.05) is 12.1 Å². The Balaban J connectivity index is 1.37. The fraction of sp³-hybridized carbons (Fsp3) is 0.182. The molecule has 6 aromatic rings. The molecule has 0 bridgehead atoms. The summed E-state index contributed by atoms with van der Waals surface area (Å²) in [5, 5.41) is 6.17. The molecule has 8 rings (SSSR count). The minimum atomic E-state index is -2.99. The summed E-state index contributed by atoms with van der Waals surface area (Å²) in [6.45, 7) is 0.